The van der Waals surface area contributed by atoms with Crippen LogP contribution in [0, 0.1) is 22.2 Å². The average Bonchev–Trinajstić information content (AvgIpc) is 1.94. The average molecular weight is 154 g/mol. The molecular weight excluding hydrogens is 148 g/mol. The summed E-state index contributed by atoms with van der Waals surface area (Å²) in [5.41, 5.74) is 0.338. The van der Waals surface area contributed by atoms with Crippen molar-refractivity contribution in [2.24, 2.45) is 0 Å². The first-order valence-corrected chi connectivity index (χ1v) is 2.95. The molecule has 0 aromatic carbocycles. The Balaban J connectivity index is 3.23. The minimum atomic E-state index is -0.580. The van der Waals surface area contributed by atoms with Crippen molar-refractivity contribution < 1.29 is 9.65 Å². The van der Waals surface area contributed by atoms with E-state index in [1.807, 2.05) is 0 Å². The fourth-order valence-corrected chi connectivity index (χ4v) is 0.727. The monoisotopic (exact) mass is 154 g/mol. The van der Waals surface area contributed by atoms with Gasteiger partial charge in [-0.15, -0.1) is 0 Å². The van der Waals surface area contributed by atoms with Crippen LogP contribution in [0.4, 0.5) is 5.69 Å². The fraction of sp³-hybridized carbons (Fsp3) is 0.167. The standard InChI is InChI=1S/C6H6N2O3/c1-5-2-3-7(9)4-6(5)8(10)11/h2-4H,1H3. The molecule has 0 fully saturated rings. The summed E-state index contributed by atoms with van der Waals surface area (Å²) in [4.78, 5) is 9.65. The van der Waals surface area contributed by atoms with E-state index in [9.17, 15) is 15.3 Å². The van der Waals surface area contributed by atoms with E-state index in [0.29, 0.717) is 10.3 Å². The van der Waals surface area contributed by atoms with Crippen LogP contribution >= 0.6 is 0 Å². The number of aryl methyl sites for hydroxylation is 1. The topological polar surface area (TPSA) is 70.1 Å². The molecule has 0 atom stereocenters. The summed E-state index contributed by atoms with van der Waals surface area (Å²) in [6.45, 7) is 1.58. The molecule has 0 aliphatic carbocycles. The van der Waals surface area contributed by atoms with Gasteiger partial charge in [0.2, 0.25) is 0 Å². The van der Waals surface area contributed by atoms with Gasteiger partial charge in [-0.2, -0.15) is 4.73 Å². The van der Waals surface area contributed by atoms with Crippen molar-refractivity contribution in [1.82, 2.24) is 0 Å². The number of rotatable bonds is 1. The zero-order valence-electron chi connectivity index (χ0n) is 5.85. The first kappa shape index (κ1) is 7.46. The highest BCUT2D eigenvalue weighted by Crippen LogP contribution is 2.12. The van der Waals surface area contributed by atoms with E-state index in [2.05, 4.69) is 0 Å². The van der Waals surface area contributed by atoms with Crippen molar-refractivity contribution >= 4 is 5.69 Å². The molecule has 0 radical (unpaired) electrons. The van der Waals surface area contributed by atoms with Gasteiger partial charge < -0.3 is 5.21 Å². The predicted molar refractivity (Wildman–Crippen MR) is 36.8 cm³/mol. The summed E-state index contributed by atoms with van der Waals surface area (Å²) in [5.74, 6) is 0. The van der Waals surface area contributed by atoms with E-state index in [0.717, 1.165) is 6.20 Å². The molecule has 0 aliphatic rings. The van der Waals surface area contributed by atoms with Crippen LogP contribution in [0.3, 0.4) is 0 Å². The first-order valence-electron chi connectivity index (χ1n) is 2.95. The number of pyridine rings is 1. The zero-order valence-corrected chi connectivity index (χ0v) is 5.85. The van der Waals surface area contributed by atoms with Crippen LogP contribution in [0.25, 0.3) is 0 Å². The van der Waals surface area contributed by atoms with E-state index >= 15 is 0 Å². The van der Waals surface area contributed by atoms with Crippen molar-refractivity contribution in [2.75, 3.05) is 0 Å². The highest BCUT2D eigenvalue weighted by Gasteiger charge is 2.13. The van der Waals surface area contributed by atoms with Crippen molar-refractivity contribution in [3.8, 4) is 0 Å². The highest BCUT2D eigenvalue weighted by molar-refractivity contribution is 5.33. The quantitative estimate of drug-likeness (QED) is 0.256. The highest BCUT2D eigenvalue weighted by atomic mass is 16.6. The maximum atomic E-state index is 10.6. The molecule has 0 amide bonds. The second-order valence-corrected chi connectivity index (χ2v) is 2.13. The largest absolute Gasteiger partial charge is 0.619 e. The summed E-state index contributed by atoms with van der Waals surface area (Å²) >= 11 is 0. The maximum absolute atomic E-state index is 10.6. The van der Waals surface area contributed by atoms with Crippen LogP contribution in [-0.4, -0.2) is 4.92 Å². The summed E-state index contributed by atoms with van der Waals surface area (Å²) in [6, 6.07) is 1.41. The van der Waals surface area contributed by atoms with Gasteiger partial charge in [-0.1, -0.05) is 0 Å². The molecule has 0 unspecified atom stereocenters. The minimum Gasteiger partial charge on any atom is -0.619 e. The van der Waals surface area contributed by atoms with Gasteiger partial charge in [-0.3, -0.25) is 10.1 Å². The van der Waals surface area contributed by atoms with Crippen LogP contribution in [0.15, 0.2) is 18.5 Å². The van der Waals surface area contributed by atoms with Crippen LogP contribution in [0.1, 0.15) is 5.56 Å². The molecule has 0 saturated carbocycles. The van der Waals surface area contributed by atoms with E-state index in [1.54, 1.807) is 6.92 Å². The van der Waals surface area contributed by atoms with Gasteiger partial charge in [0.25, 0.3) is 6.20 Å². The molecular formula is C6H6N2O3. The maximum Gasteiger partial charge on any atom is 0.336 e. The van der Waals surface area contributed by atoms with Gasteiger partial charge in [0.05, 0.1) is 4.92 Å². The molecule has 0 saturated heterocycles. The number of hydrogen-bond acceptors (Lipinski definition) is 3. The Hall–Kier alpha value is -1.65. The molecule has 58 valence electrons. The van der Waals surface area contributed by atoms with Crippen LogP contribution in [-0.2, 0) is 0 Å². The Morgan fingerprint density at radius 2 is 2.27 bits per heavy atom. The van der Waals surface area contributed by atoms with Gasteiger partial charge in [0.1, 0.15) is 0 Å². The van der Waals surface area contributed by atoms with Gasteiger partial charge in [-0.25, -0.2) is 0 Å². The van der Waals surface area contributed by atoms with Crippen molar-refractivity contribution in [3.63, 3.8) is 0 Å². The molecule has 0 N–H and O–H groups in total. The van der Waals surface area contributed by atoms with E-state index in [1.165, 1.54) is 12.3 Å². The van der Waals surface area contributed by atoms with Crippen molar-refractivity contribution in [1.29, 1.82) is 0 Å². The molecule has 0 bridgehead atoms. The van der Waals surface area contributed by atoms with Crippen LogP contribution in [0.5, 0.6) is 0 Å². The molecule has 1 rings (SSSR count). The minimum absolute atomic E-state index is 0.150. The molecule has 0 spiro atoms. The second kappa shape index (κ2) is 2.53. The molecule has 1 aromatic heterocycles. The van der Waals surface area contributed by atoms with E-state index in [-0.39, 0.29) is 5.69 Å². The Kier molecular flexibility index (Phi) is 1.72. The lowest BCUT2D eigenvalue weighted by molar-refractivity contribution is -0.609. The normalized spacial score (nSPS) is 9.55. The third-order valence-electron chi connectivity index (χ3n) is 1.32. The third-order valence-corrected chi connectivity index (χ3v) is 1.32. The molecule has 1 aromatic rings. The Labute approximate surface area is 62.6 Å². The van der Waals surface area contributed by atoms with Gasteiger partial charge in [0, 0.05) is 11.6 Å². The summed E-state index contributed by atoms with van der Waals surface area (Å²) in [6.07, 6.45) is 2.16. The van der Waals surface area contributed by atoms with Crippen molar-refractivity contribution in [3.05, 3.63) is 39.3 Å². The van der Waals surface area contributed by atoms with E-state index < -0.39 is 4.92 Å². The third kappa shape index (κ3) is 1.43. The molecule has 11 heavy (non-hydrogen) atoms. The van der Waals surface area contributed by atoms with Gasteiger partial charge in [-0.05, 0) is 6.92 Å². The Morgan fingerprint density at radius 3 is 2.73 bits per heavy atom. The zero-order chi connectivity index (χ0) is 8.43. The van der Waals surface area contributed by atoms with Crippen LogP contribution in [0.2, 0.25) is 0 Å². The van der Waals surface area contributed by atoms with Crippen LogP contribution < -0.4 is 4.73 Å². The molecule has 0 aliphatic heterocycles. The van der Waals surface area contributed by atoms with Gasteiger partial charge >= 0.3 is 5.69 Å². The lowest BCUT2D eigenvalue weighted by Gasteiger charge is -1.96. The predicted octanol–water partition coefficient (Wildman–Crippen LogP) is 0.537. The van der Waals surface area contributed by atoms with Crippen molar-refractivity contribution in [2.45, 2.75) is 6.92 Å². The molecule has 1 heterocycles. The molecule has 5 heteroatoms. The lowest BCUT2D eigenvalue weighted by atomic mass is 10.3. The smallest absolute Gasteiger partial charge is 0.336 e. The van der Waals surface area contributed by atoms with Gasteiger partial charge in [0.15, 0.2) is 6.20 Å². The molecule has 5 nitrogen and oxygen atoms in total. The summed E-state index contributed by atoms with van der Waals surface area (Å²) in [5, 5.41) is 20.8. The first-order chi connectivity index (χ1) is 5.11. The lowest BCUT2D eigenvalue weighted by Crippen LogP contribution is -2.24. The van der Waals surface area contributed by atoms with E-state index in [4.69, 9.17) is 0 Å². The Morgan fingerprint density at radius 1 is 1.64 bits per heavy atom. The fourth-order valence-electron chi connectivity index (χ4n) is 0.727. The number of nitrogens with zero attached hydrogens (tertiary/aromatic N) is 2. The number of aromatic nitrogens is 1. The second-order valence-electron chi connectivity index (χ2n) is 2.13. The number of nitro groups is 1. The Bertz CT molecular complexity index is 298. The summed E-state index contributed by atoms with van der Waals surface area (Å²) in [7, 11) is 0. The number of hydrogen-bond donors (Lipinski definition) is 0. The summed E-state index contributed by atoms with van der Waals surface area (Å²) < 4.78 is 0.408. The SMILES string of the molecule is Cc1cc[n+]([O-])cc1[N+](=O)[O-].